The van der Waals surface area contributed by atoms with Gasteiger partial charge in [0, 0.05) is 56.4 Å². The Morgan fingerprint density at radius 1 is 1.27 bits per heavy atom. The van der Waals surface area contributed by atoms with Gasteiger partial charge in [-0.1, -0.05) is 17.7 Å². The summed E-state index contributed by atoms with van der Waals surface area (Å²) in [6.07, 6.45) is 1.39. The molecule has 1 amide bonds. The molecule has 1 saturated heterocycles. The van der Waals surface area contributed by atoms with Gasteiger partial charge >= 0.3 is 0 Å². The van der Waals surface area contributed by atoms with Crippen molar-refractivity contribution in [2.45, 2.75) is 12.8 Å². The summed E-state index contributed by atoms with van der Waals surface area (Å²) in [4.78, 5) is 16.1. The number of hydrogen-bond acceptors (Lipinski definition) is 4. The summed E-state index contributed by atoms with van der Waals surface area (Å²) in [5.74, 6) is 0.0493. The van der Waals surface area contributed by atoms with Gasteiger partial charge in [0.2, 0.25) is 5.91 Å². The van der Waals surface area contributed by atoms with E-state index in [0.29, 0.717) is 13.0 Å². The highest BCUT2D eigenvalue weighted by Gasteiger charge is 2.16. The zero-order valence-corrected chi connectivity index (χ0v) is 13.7. The highest BCUT2D eigenvalue weighted by molar-refractivity contribution is 6.30. The van der Waals surface area contributed by atoms with E-state index in [4.69, 9.17) is 17.3 Å². The Labute approximate surface area is 137 Å². The van der Waals surface area contributed by atoms with Crippen molar-refractivity contribution in [3.8, 4) is 0 Å². The third kappa shape index (κ3) is 5.48. The molecule has 0 spiro atoms. The molecular weight excluding hydrogens is 300 g/mol. The van der Waals surface area contributed by atoms with Crippen LogP contribution >= 0.6 is 11.6 Å². The number of nitrogens with zero attached hydrogens (tertiary/aromatic N) is 2. The molecule has 122 valence electrons. The quantitative estimate of drug-likeness (QED) is 0.743. The Morgan fingerprint density at radius 3 is 2.73 bits per heavy atom. The van der Waals surface area contributed by atoms with Crippen LogP contribution in [0.2, 0.25) is 5.02 Å². The fraction of sp³-hybridized carbons (Fsp3) is 0.562. The predicted molar refractivity (Wildman–Crippen MR) is 91.4 cm³/mol. The van der Waals surface area contributed by atoms with E-state index in [9.17, 15) is 4.79 Å². The monoisotopic (exact) mass is 324 g/mol. The van der Waals surface area contributed by atoms with Crippen LogP contribution in [0, 0.1) is 0 Å². The highest BCUT2D eigenvalue weighted by atomic mass is 35.5. The number of piperazine rings is 1. The van der Waals surface area contributed by atoms with Crippen molar-refractivity contribution in [2.75, 3.05) is 50.7 Å². The summed E-state index contributed by atoms with van der Waals surface area (Å²) < 4.78 is 0. The summed E-state index contributed by atoms with van der Waals surface area (Å²) >= 11 is 6.05. The molecule has 0 bridgehead atoms. The molecule has 0 saturated carbocycles. The van der Waals surface area contributed by atoms with Crippen LogP contribution in [0.15, 0.2) is 24.3 Å². The van der Waals surface area contributed by atoms with Crippen LogP contribution < -0.4 is 16.0 Å². The minimum atomic E-state index is 0.0493. The van der Waals surface area contributed by atoms with Gasteiger partial charge in [0.05, 0.1) is 0 Å². The lowest BCUT2D eigenvalue weighted by Gasteiger charge is -2.36. The zero-order chi connectivity index (χ0) is 15.8. The number of halogens is 1. The number of benzene rings is 1. The molecule has 0 atom stereocenters. The Balaban J connectivity index is 1.64. The molecule has 0 aromatic heterocycles. The summed E-state index contributed by atoms with van der Waals surface area (Å²) in [7, 11) is 0. The molecule has 1 aliphatic heterocycles. The Kier molecular flexibility index (Phi) is 6.96. The van der Waals surface area contributed by atoms with Crippen LogP contribution in [0.3, 0.4) is 0 Å². The average Bonchev–Trinajstić information content (AvgIpc) is 2.52. The third-order valence-corrected chi connectivity index (χ3v) is 4.13. The molecule has 1 aliphatic rings. The van der Waals surface area contributed by atoms with Gasteiger partial charge in [-0.2, -0.15) is 0 Å². The van der Waals surface area contributed by atoms with E-state index in [1.165, 1.54) is 5.69 Å². The molecule has 1 fully saturated rings. The topological polar surface area (TPSA) is 61.6 Å². The first kappa shape index (κ1) is 17.1. The van der Waals surface area contributed by atoms with Gasteiger partial charge in [0.1, 0.15) is 0 Å². The SMILES string of the molecule is NCCC(=O)NCCCN1CCN(c2cccc(Cl)c2)CC1. The van der Waals surface area contributed by atoms with Gasteiger partial charge in [-0.25, -0.2) is 0 Å². The molecule has 1 heterocycles. The normalized spacial score (nSPS) is 15.8. The molecular formula is C16H25ClN4O. The van der Waals surface area contributed by atoms with Crippen LogP contribution in [-0.2, 0) is 4.79 Å². The Morgan fingerprint density at radius 2 is 2.05 bits per heavy atom. The summed E-state index contributed by atoms with van der Waals surface area (Å²) in [6.45, 7) is 6.28. The number of carbonyl (C=O) groups is 1. The van der Waals surface area contributed by atoms with Crippen LogP contribution in [0.25, 0.3) is 0 Å². The van der Waals surface area contributed by atoms with E-state index in [1.54, 1.807) is 0 Å². The number of nitrogens with one attached hydrogen (secondary N) is 1. The summed E-state index contributed by atoms with van der Waals surface area (Å²) in [6, 6.07) is 8.02. The van der Waals surface area contributed by atoms with Gasteiger partial charge in [-0.05, 0) is 31.2 Å². The minimum Gasteiger partial charge on any atom is -0.369 e. The minimum absolute atomic E-state index is 0.0493. The van der Waals surface area contributed by atoms with Crippen LogP contribution in [0.5, 0.6) is 0 Å². The maximum Gasteiger partial charge on any atom is 0.221 e. The van der Waals surface area contributed by atoms with Crippen LogP contribution in [0.1, 0.15) is 12.8 Å². The molecule has 2 rings (SSSR count). The standard InChI is InChI=1S/C16H25ClN4O/c17-14-3-1-4-15(13-14)21-11-9-20(10-12-21)8-2-7-19-16(22)5-6-18/h1,3-4,13H,2,5-12,18H2,(H,19,22). The van der Waals surface area contributed by atoms with E-state index >= 15 is 0 Å². The Bertz CT molecular complexity index is 475. The Hall–Kier alpha value is -1.30. The maximum absolute atomic E-state index is 11.3. The van der Waals surface area contributed by atoms with Crippen molar-refractivity contribution < 1.29 is 4.79 Å². The fourth-order valence-electron chi connectivity index (χ4n) is 2.65. The maximum atomic E-state index is 11.3. The lowest BCUT2D eigenvalue weighted by Crippen LogP contribution is -2.47. The molecule has 3 N–H and O–H groups in total. The van der Waals surface area contributed by atoms with Gasteiger partial charge in [-0.15, -0.1) is 0 Å². The number of hydrogen-bond donors (Lipinski definition) is 2. The van der Waals surface area contributed by atoms with Gasteiger partial charge in [0.25, 0.3) is 0 Å². The summed E-state index contributed by atoms with van der Waals surface area (Å²) in [5.41, 5.74) is 6.53. The number of nitrogens with two attached hydrogens (primary N) is 1. The number of amides is 1. The van der Waals surface area contributed by atoms with Gasteiger partial charge < -0.3 is 16.0 Å². The molecule has 5 nitrogen and oxygen atoms in total. The first-order valence-corrected chi connectivity index (χ1v) is 8.26. The highest BCUT2D eigenvalue weighted by Crippen LogP contribution is 2.20. The number of carbonyl (C=O) groups excluding carboxylic acids is 1. The van der Waals surface area contributed by atoms with Crippen molar-refractivity contribution in [2.24, 2.45) is 5.73 Å². The van der Waals surface area contributed by atoms with Crippen molar-refractivity contribution in [1.82, 2.24) is 10.2 Å². The van der Waals surface area contributed by atoms with E-state index in [0.717, 1.165) is 50.7 Å². The van der Waals surface area contributed by atoms with Crippen LogP contribution in [-0.4, -0.2) is 56.6 Å². The largest absolute Gasteiger partial charge is 0.369 e. The molecule has 0 unspecified atom stereocenters. The number of anilines is 1. The number of rotatable bonds is 7. The summed E-state index contributed by atoms with van der Waals surface area (Å²) in [5, 5.41) is 3.68. The van der Waals surface area contributed by atoms with Gasteiger partial charge in [0.15, 0.2) is 0 Å². The molecule has 6 heteroatoms. The van der Waals surface area contributed by atoms with Crippen molar-refractivity contribution in [3.63, 3.8) is 0 Å². The molecule has 0 aliphatic carbocycles. The van der Waals surface area contributed by atoms with E-state index < -0.39 is 0 Å². The second kappa shape index (κ2) is 8.98. The van der Waals surface area contributed by atoms with Crippen molar-refractivity contribution in [3.05, 3.63) is 29.3 Å². The fourth-order valence-corrected chi connectivity index (χ4v) is 2.84. The molecule has 0 radical (unpaired) electrons. The first-order valence-electron chi connectivity index (χ1n) is 7.88. The van der Waals surface area contributed by atoms with Crippen molar-refractivity contribution in [1.29, 1.82) is 0 Å². The van der Waals surface area contributed by atoms with Crippen LogP contribution in [0.4, 0.5) is 5.69 Å². The lowest BCUT2D eigenvalue weighted by atomic mass is 10.2. The van der Waals surface area contributed by atoms with Crippen molar-refractivity contribution >= 4 is 23.2 Å². The molecule has 1 aromatic rings. The van der Waals surface area contributed by atoms with E-state index in [1.807, 2.05) is 18.2 Å². The second-order valence-corrected chi connectivity index (χ2v) is 5.99. The third-order valence-electron chi connectivity index (χ3n) is 3.89. The van der Waals surface area contributed by atoms with E-state index in [-0.39, 0.29) is 5.91 Å². The van der Waals surface area contributed by atoms with E-state index in [2.05, 4.69) is 21.2 Å². The lowest BCUT2D eigenvalue weighted by molar-refractivity contribution is -0.120. The molecule has 1 aromatic carbocycles. The zero-order valence-electron chi connectivity index (χ0n) is 12.9. The van der Waals surface area contributed by atoms with Gasteiger partial charge in [-0.3, -0.25) is 9.69 Å². The molecule has 22 heavy (non-hydrogen) atoms. The first-order chi connectivity index (χ1) is 10.7. The predicted octanol–water partition coefficient (Wildman–Crippen LogP) is 1.32. The second-order valence-electron chi connectivity index (χ2n) is 5.55. The average molecular weight is 325 g/mol. The smallest absolute Gasteiger partial charge is 0.221 e.